The summed E-state index contributed by atoms with van der Waals surface area (Å²) in [7, 11) is 0. The third-order valence-corrected chi connectivity index (χ3v) is 3.26. The van der Waals surface area contributed by atoms with Crippen LogP contribution in [0.25, 0.3) is 0 Å². The molecule has 76 valence electrons. The Morgan fingerprint density at radius 3 is 2.71 bits per heavy atom. The highest BCUT2D eigenvalue weighted by Crippen LogP contribution is 2.35. The number of aromatic carboxylic acids is 1. The van der Waals surface area contributed by atoms with Crippen molar-refractivity contribution < 1.29 is 9.90 Å². The zero-order valence-corrected chi connectivity index (χ0v) is 8.97. The number of carboxylic acids is 1. The summed E-state index contributed by atoms with van der Waals surface area (Å²) in [5, 5.41) is 9.55. The first-order chi connectivity index (χ1) is 6.48. The van der Waals surface area contributed by atoms with Gasteiger partial charge in [0.05, 0.1) is 6.20 Å². The van der Waals surface area contributed by atoms with E-state index in [4.69, 9.17) is 5.11 Å². The van der Waals surface area contributed by atoms with Gasteiger partial charge < -0.3 is 10.0 Å². The molecule has 1 aromatic rings. The summed E-state index contributed by atoms with van der Waals surface area (Å²) in [5.41, 5.74) is 0.342. The van der Waals surface area contributed by atoms with Crippen LogP contribution in [-0.4, -0.2) is 29.1 Å². The van der Waals surface area contributed by atoms with Crippen molar-refractivity contribution in [2.75, 3.05) is 18.0 Å². The van der Waals surface area contributed by atoms with Gasteiger partial charge in [0.15, 0.2) is 5.13 Å². The molecule has 4 nitrogen and oxygen atoms in total. The van der Waals surface area contributed by atoms with E-state index in [0.717, 1.165) is 18.2 Å². The van der Waals surface area contributed by atoms with Crippen LogP contribution in [-0.2, 0) is 0 Å². The van der Waals surface area contributed by atoms with E-state index in [-0.39, 0.29) is 0 Å². The van der Waals surface area contributed by atoms with Crippen LogP contribution in [0, 0.1) is 5.41 Å². The number of carbonyl (C=O) groups is 1. The molecule has 14 heavy (non-hydrogen) atoms. The number of nitrogens with zero attached hydrogens (tertiary/aromatic N) is 2. The van der Waals surface area contributed by atoms with Crippen molar-refractivity contribution in [2.24, 2.45) is 5.41 Å². The Labute approximate surface area is 86.2 Å². The van der Waals surface area contributed by atoms with Gasteiger partial charge in [-0.2, -0.15) is 0 Å². The van der Waals surface area contributed by atoms with Crippen LogP contribution in [0.15, 0.2) is 6.20 Å². The van der Waals surface area contributed by atoms with Gasteiger partial charge in [-0.15, -0.1) is 0 Å². The molecule has 0 radical (unpaired) electrons. The lowest BCUT2D eigenvalue weighted by molar-refractivity contribution is 0.0702. The Bertz CT molecular complexity index is 365. The topological polar surface area (TPSA) is 53.4 Å². The van der Waals surface area contributed by atoms with Gasteiger partial charge in [-0.25, -0.2) is 9.78 Å². The maximum absolute atomic E-state index is 10.6. The Morgan fingerprint density at radius 2 is 2.29 bits per heavy atom. The molecular formula is C9H12N2O2S. The van der Waals surface area contributed by atoms with E-state index >= 15 is 0 Å². The zero-order chi connectivity index (χ0) is 10.3. The number of thiazole rings is 1. The number of carboxylic acid groups (broad SMARTS) is 1. The number of hydrogen-bond donors (Lipinski definition) is 1. The summed E-state index contributed by atoms with van der Waals surface area (Å²) in [4.78, 5) is 17.1. The normalized spacial score (nSPS) is 19.1. The molecule has 0 aromatic carbocycles. The van der Waals surface area contributed by atoms with Gasteiger partial charge in [0.1, 0.15) is 4.88 Å². The molecule has 1 fully saturated rings. The fourth-order valence-electron chi connectivity index (χ4n) is 1.63. The van der Waals surface area contributed by atoms with Crippen LogP contribution in [0.3, 0.4) is 0 Å². The van der Waals surface area contributed by atoms with E-state index in [1.165, 1.54) is 17.5 Å². The van der Waals surface area contributed by atoms with Gasteiger partial charge in [0.25, 0.3) is 0 Å². The van der Waals surface area contributed by atoms with Crippen molar-refractivity contribution in [3.05, 3.63) is 11.1 Å². The van der Waals surface area contributed by atoms with Crippen LogP contribution >= 0.6 is 11.3 Å². The molecule has 2 rings (SSSR count). The van der Waals surface area contributed by atoms with Gasteiger partial charge in [-0.1, -0.05) is 25.2 Å². The summed E-state index contributed by atoms with van der Waals surface area (Å²) in [6.45, 7) is 6.30. The fraction of sp³-hybridized carbons (Fsp3) is 0.556. The molecule has 0 aliphatic carbocycles. The van der Waals surface area contributed by atoms with E-state index in [9.17, 15) is 4.79 Å². The Kier molecular flexibility index (Phi) is 1.99. The minimum absolute atomic E-state index is 0.310. The van der Waals surface area contributed by atoms with Crippen LogP contribution in [0.2, 0.25) is 0 Å². The monoisotopic (exact) mass is 212 g/mol. The first-order valence-electron chi connectivity index (χ1n) is 4.42. The quantitative estimate of drug-likeness (QED) is 0.810. The first kappa shape index (κ1) is 9.45. The summed E-state index contributed by atoms with van der Waals surface area (Å²) >= 11 is 1.24. The van der Waals surface area contributed by atoms with Crippen molar-refractivity contribution in [3.8, 4) is 0 Å². The average Bonchev–Trinajstić information content (AvgIpc) is 2.47. The van der Waals surface area contributed by atoms with E-state index < -0.39 is 5.97 Å². The molecule has 1 aliphatic heterocycles. The number of aromatic nitrogens is 1. The highest BCUT2D eigenvalue weighted by atomic mass is 32.1. The number of anilines is 1. The average molecular weight is 212 g/mol. The maximum atomic E-state index is 10.6. The molecule has 1 N–H and O–H groups in total. The van der Waals surface area contributed by atoms with Gasteiger partial charge in [0.2, 0.25) is 0 Å². The van der Waals surface area contributed by atoms with Crippen LogP contribution in [0.5, 0.6) is 0 Å². The second-order valence-corrected chi connectivity index (χ2v) is 5.34. The number of hydrogen-bond acceptors (Lipinski definition) is 4. The van der Waals surface area contributed by atoms with Gasteiger partial charge in [0, 0.05) is 13.1 Å². The summed E-state index contributed by atoms with van der Waals surface area (Å²) < 4.78 is 0. The highest BCUT2D eigenvalue weighted by molar-refractivity contribution is 7.17. The molecule has 0 saturated carbocycles. The molecule has 2 heterocycles. The van der Waals surface area contributed by atoms with E-state index in [1.54, 1.807) is 0 Å². The van der Waals surface area contributed by atoms with Gasteiger partial charge in [-0.3, -0.25) is 0 Å². The number of rotatable bonds is 2. The summed E-state index contributed by atoms with van der Waals surface area (Å²) in [5.74, 6) is -0.895. The molecular weight excluding hydrogens is 200 g/mol. The lowest BCUT2D eigenvalue weighted by atomic mass is 9.85. The molecule has 1 aliphatic rings. The standard InChI is InChI=1S/C9H12N2O2S/c1-9(2)4-11(5-9)8-10-3-6(14-8)7(12)13/h3H,4-5H2,1-2H3,(H,12,13). The highest BCUT2D eigenvalue weighted by Gasteiger charge is 2.35. The third-order valence-electron chi connectivity index (χ3n) is 2.21. The molecule has 5 heteroatoms. The fourth-order valence-corrected chi connectivity index (χ4v) is 2.39. The van der Waals surface area contributed by atoms with Crippen molar-refractivity contribution in [3.63, 3.8) is 0 Å². The summed E-state index contributed by atoms with van der Waals surface area (Å²) in [6, 6.07) is 0. The van der Waals surface area contributed by atoms with Crippen molar-refractivity contribution >= 4 is 22.4 Å². The minimum atomic E-state index is -0.895. The van der Waals surface area contributed by atoms with Crippen molar-refractivity contribution in [1.29, 1.82) is 0 Å². The van der Waals surface area contributed by atoms with Crippen LogP contribution < -0.4 is 4.90 Å². The van der Waals surface area contributed by atoms with E-state index in [0.29, 0.717) is 10.3 Å². The second kappa shape index (κ2) is 2.95. The van der Waals surface area contributed by atoms with Gasteiger partial charge in [-0.05, 0) is 5.41 Å². The molecule has 1 aromatic heterocycles. The molecule has 0 spiro atoms. The third kappa shape index (κ3) is 1.59. The van der Waals surface area contributed by atoms with Gasteiger partial charge >= 0.3 is 5.97 Å². The maximum Gasteiger partial charge on any atom is 0.347 e. The molecule has 0 unspecified atom stereocenters. The Morgan fingerprint density at radius 1 is 1.64 bits per heavy atom. The van der Waals surface area contributed by atoms with Crippen molar-refractivity contribution in [2.45, 2.75) is 13.8 Å². The zero-order valence-electron chi connectivity index (χ0n) is 8.15. The Hall–Kier alpha value is -1.10. The van der Waals surface area contributed by atoms with Crippen LogP contribution in [0.1, 0.15) is 23.5 Å². The minimum Gasteiger partial charge on any atom is -0.477 e. The second-order valence-electron chi connectivity index (χ2n) is 4.33. The lowest BCUT2D eigenvalue weighted by Gasteiger charge is -2.45. The van der Waals surface area contributed by atoms with Crippen molar-refractivity contribution in [1.82, 2.24) is 4.98 Å². The van der Waals surface area contributed by atoms with E-state index in [1.807, 2.05) is 0 Å². The predicted molar refractivity (Wildman–Crippen MR) is 55.1 cm³/mol. The molecule has 0 atom stereocenters. The first-order valence-corrected chi connectivity index (χ1v) is 5.24. The van der Waals surface area contributed by atoms with Crippen LogP contribution in [0.4, 0.5) is 5.13 Å². The molecule has 1 saturated heterocycles. The molecule has 0 bridgehead atoms. The summed E-state index contributed by atoms with van der Waals surface area (Å²) in [6.07, 6.45) is 1.42. The smallest absolute Gasteiger partial charge is 0.347 e. The Balaban J connectivity index is 2.08. The van der Waals surface area contributed by atoms with E-state index in [2.05, 4.69) is 23.7 Å². The largest absolute Gasteiger partial charge is 0.477 e. The molecule has 0 amide bonds. The predicted octanol–water partition coefficient (Wildman–Crippen LogP) is 1.69. The SMILES string of the molecule is CC1(C)CN(c2ncc(C(=O)O)s2)C1. The lowest BCUT2D eigenvalue weighted by Crippen LogP contribution is -2.53.